The summed E-state index contributed by atoms with van der Waals surface area (Å²) in [6, 6.07) is 7.41. The summed E-state index contributed by atoms with van der Waals surface area (Å²) in [7, 11) is 4.01. The molecule has 1 heterocycles. The second kappa shape index (κ2) is 10.3. The molecule has 0 bridgehead atoms. The number of carbonyl (C=O) groups is 1. The molecule has 1 aromatic rings. The van der Waals surface area contributed by atoms with E-state index in [2.05, 4.69) is 10.2 Å². The van der Waals surface area contributed by atoms with Crippen LogP contribution in [-0.4, -0.2) is 64.0 Å². The molecule has 1 aliphatic rings. The zero-order valence-corrected chi connectivity index (χ0v) is 14.6. The van der Waals surface area contributed by atoms with Gasteiger partial charge < -0.3 is 24.4 Å². The van der Waals surface area contributed by atoms with E-state index in [-0.39, 0.29) is 12.0 Å². The molecule has 1 saturated heterocycles. The molecule has 2 rings (SSSR count). The Morgan fingerprint density at radius 2 is 2.08 bits per heavy atom. The van der Waals surface area contributed by atoms with Gasteiger partial charge in [0.05, 0.1) is 25.7 Å². The molecule has 6 heteroatoms. The van der Waals surface area contributed by atoms with Crippen molar-refractivity contribution in [1.29, 1.82) is 0 Å². The van der Waals surface area contributed by atoms with Crippen molar-refractivity contribution in [2.75, 3.05) is 52.4 Å². The van der Waals surface area contributed by atoms with E-state index in [1.54, 1.807) is 0 Å². The van der Waals surface area contributed by atoms with Gasteiger partial charge in [-0.3, -0.25) is 4.79 Å². The number of amides is 1. The van der Waals surface area contributed by atoms with Crippen molar-refractivity contribution in [1.82, 2.24) is 4.90 Å². The Balaban J connectivity index is 1.60. The smallest absolute Gasteiger partial charge is 0.226 e. The molecule has 1 fully saturated rings. The summed E-state index contributed by atoms with van der Waals surface area (Å²) in [5.74, 6) is 0.748. The van der Waals surface area contributed by atoms with Crippen molar-refractivity contribution < 1.29 is 19.0 Å². The van der Waals surface area contributed by atoms with Gasteiger partial charge in [0.15, 0.2) is 0 Å². The van der Waals surface area contributed by atoms with Gasteiger partial charge in [-0.15, -0.1) is 0 Å². The van der Waals surface area contributed by atoms with Crippen molar-refractivity contribution in [3.05, 3.63) is 24.3 Å². The molecule has 1 aromatic carbocycles. The van der Waals surface area contributed by atoms with Gasteiger partial charge >= 0.3 is 0 Å². The van der Waals surface area contributed by atoms with Crippen LogP contribution in [0.15, 0.2) is 24.3 Å². The number of nitrogens with zero attached hydrogens (tertiary/aromatic N) is 1. The Kier molecular flexibility index (Phi) is 8.01. The summed E-state index contributed by atoms with van der Waals surface area (Å²) >= 11 is 0. The van der Waals surface area contributed by atoms with Crippen molar-refractivity contribution >= 4 is 11.6 Å². The average molecular weight is 336 g/mol. The van der Waals surface area contributed by atoms with E-state index in [1.807, 2.05) is 38.4 Å². The first-order valence-electron chi connectivity index (χ1n) is 8.50. The number of carbonyl (C=O) groups excluding carboxylic acids is 1. The number of rotatable bonds is 10. The van der Waals surface area contributed by atoms with E-state index < -0.39 is 0 Å². The van der Waals surface area contributed by atoms with Crippen LogP contribution in [0.2, 0.25) is 0 Å². The van der Waals surface area contributed by atoms with Crippen LogP contribution in [-0.2, 0) is 14.3 Å². The number of anilines is 1. The number of likely N-dealkylation sites (N-methyl/N-ethyl adjacent to an activating group) is 1. The molecule has 1 unspecified atom stereocenters. The van der Waals surface area contributed by atoms with Gasteiger partial charge in [0.2, 0.25) is 5.91 Å². The maximum absolute atomic E-state index is 11.9. The van der Waals surface area contributed by atoms with Crippen molar-refractivity contribution in [3.63, 3.8) is 0 Å². The normalized spacial score (nSPS) is 17.2. The molecule has 0 radical (unpaired) electrons. The number of nitrogens with one attached hydrogen (secondary N) is 1. The molecule has 0 spiro atoms. The number of ether oxygens (including phenoxy) is 3. The molecule has 0 aliphatic carbocycles. The lowest BCUT2D eigenvalue weighted by atomic mass is 10.2. The highest BCUT2D eigenvalue weighted by molar-refractivity contribution is 5.90. The Labute approximate surface area is 144 Å². The van der Waals surface area contributed by atoms with E-state index in [0.29, 0.717) is 26.2 Å². The van der Waals surface area contributed by atoms with Gasteiger partial charge in [0.25, 0.3) is 0 Å². The van der Waals surface area contributed by atoms with Gasteiger partial charge in [-0.05, 0) is 51.2 Å². The maximum atomic E-state index is 11.9. The second-order valence-electron chi connectivity index (χ2n) is 6.18. The quantitative estimate of drug-likeness (QED) is 0.664. The van der Waals surface area contributed by atoms with Gasteiger partial charge in [0, 0.05) is 18.8 Å². The van der Waals surface area contributed by atoms with E-state index in [4.69, 9.17) is 14.2 Å². The van der Waals surface area contributed by atoms with Crippen LogP contribution in [0.3, 0.4) is 0 Å². The van der Waals surface area contributed by atoms with Crippen LogP contribution in [0.4, 0.5) is 5.69 Å². The largest absolute Gasteiger partial charge is 0.492 e. The van der Waals surface area contributed by atoms with Crippen LogP contribution < -0.4 is 10.1 Å². The predicted molar refractivity (Wildman–Crippen MR) is 93.5 cm³/mol. The third kappa shape index (κ3) is 7.29. The fraction of sp³-hybridized carbons (Fsp3) is 0.611. The lowest BCUT2D eigenvalue weighted by Crippen LogP contribution is -2.19. The van der Waals surface area contributed by atoms with Gasteiger partial charge in [-0.2, -0.15) is 0 Å². The van der Waals surface area contributed by atoms with Crippen LogP contribution in [0.5, 0.6) is 5.75 Å². The van der Waals surface area contributed by atoms with Crippen LogP contribution in [0.1, 0.15) is 19.3 Å². The highest BCUT2D eigenvalue weighted by Crippen LogP contribution is 2.16. The number of hydrogen-bond donors (Lipinski definition) is 1. The summed E-state index contributed by atoms with van der Waals surface area (Å²) in [6.07, 6.45) is 2.69. The zero-order chi connectivity index (χ0) is 17.2. The lowest BCUT2D eigenvalue weighted by molar-refractivity contribution is -0.117. The Morgan fingerprint density at radius 1 is 1.29 bits per heavy atom. The molecule has 1 N–H and O–H groups in total. The van der Waals surface area contributed by atoms with Crippen LogP contribution >= 0.6 is 0 Å². The number of benzene rings is 1. The summed E-state index contributed by atoms with van der Waals surface area (Å²) in [5.41, 5.74) is 0.763. The molecule has 0 aromatic heterocycles. The van der Waals surface area contributed by atoms with E-state index in [0.717, 1.165) is 37.4 Å². The zero-order valence-electron chi connectivity index (χ0n) is 14.6. The fourth-order valence-electron chi connectivity index (χ4n) is 2.36. The minimum Gasteiger partial charge on any atom is -0.492 e. The molecule has 134 valence electrons. The molecule has 0 saturated carbocycles. The minimum atomic E-state index is -0.0522. The van der Waals surface area contributed by atoms with E-state index >= 15 is 0 Å². The fourth-order valence-corrected chi connectivity index (χ4v) is 2.36. The first-order chi connectivity index (χ1) is 11.6. The lowest BCUT2D eigenvalue weighted by Gasteiger charge is -2.12. The van der Waals surface area contributed by atoms with E-state index in [9.17, 15) is 4.79 Å². The SMILES string of the molecule is CN(C)CCOc1ccc(NC(=O)CCOCC2CCCO2)cc1. The van der Waals surface area contributed by atoms with Gasteiger partial charge in [-0.1, -0.05) is 0 Å². The van der Waals surface area contributed by atoms with Crippen molar-refractivity contribution in [3.8, 4) is 5.75 Å². The summed E-state index contributed by atoms with van der Waals surface area (Å²) in [4.78, 5) is 13.9. The summed E-state index contributed by atoms with van der Waals surface area (Å²) < 4.78 is 16.6. The average Bonchev–Trinajstić information content (AvgIpc) is 3.06. The van der Waals surface area contributed by atoms with Gasteiger partial charge in [0.1, 0.15) is 12.4 Å². The highest BCUT2D eigenvalue weighted by atomic mass is 16.5. The first-order valence-corrected chi connectivity index (χ1v) is 8.50. The molecule has 24 heavy (non-hydrogen) atoms. The highest BCUT2D eigenvalue weighted by Gasteiger charge is 2.15. The van der Waals surface area contributed by atoms with E-state index in [1.165, 1.54) is 0 Å². The standard InChI is InChI=1S/C18H28N2O4/c1-20(2)10-13-24-16-7-5-15(6-8-16)19-18(21)9-12-22-14-17-4-3-11-23-17/h5-8,17H,3-4,9-14H2,1-2H3,(H,19,21). The Hall–Kier alpha value is -1.63. The third-order valence-corrected chi connectivity index (χ3v) is 3.75. The minimum absolute atomic E-state index is 0.0522. The molecular formula is C18H28N2O4. The van der Waals surface area contributed by atoms with Crippen molar-refractivity contribution in [2.45, 2.75) is 25.4 Å². The predicted octanol–water partition coefficient (Wildman–Crippen LogP) is 2.15. The second-order valence-corrected chi connectivity index (χ2v) is 6.18. The number of hydrogen-bond acceptors (Lipinski definition) is 5. The summed E-state index contributed by atoms with van der Waals surface area (Å²) in [6.45, 7) is 3.32. The van der Waals surface area contributed by atoms with Crippen molar-refractivity contribution in [2.24, 2.45) is 0 Å². The Bertz CT molecular complexity index is 484. The topological polar surface area (TPSA) is 60.0 Å². The monoisotopic (exact) mass is 336 g/mol. The molecule has 1 aliphatic heterocycles. The molecule has 6 nitrogen and oxygen atoms in total. The first kappa shape index (κ1) is 18.7. The Morgan fingerprint density at radius 3 is 2.75 bits per heavy atom. The van der Waals surface area contributed by atoms with Crippen LogP contribution in [0, 0.1) is 0 Å². The molecular weight excluding hydrogens is 308 g/mol. The van der Waals surface area contributed by atoms with Gasteiger partial charge in [-0.25, -0.2) is 0 Å². The maximum Gasteiger partial charge on any atom is 0.226 e. The summed E-state index contributed by atoms with van der Waals surface area (Å²) in [5, 5.41) is 2.86. The molecule has 1 atom stereocenters. The third-order valence-electron chi connectivity index (χ3n) is 3.75. The molecule has 1 amide bonds. The van der Waals surface area contributed by atoms with Crippen LogP contribution in [0.25, 0.3) is 0 Å².